The molecule has 5 nitrogen and oxygen atoms in total. The monoisotopic (exact) mass is 385 g/mol. The number of halogens is 1. The standard InChI is InChI=1S/C22H28FN3O2/c1-16-5-4-6-17(2)22(16)24-21(27)15-26-11-9-25(10-12-26)14-18-7-8-20(28-3)19(23)13-18/h4-8,13H,9-12,14-15H2,1-3H3,(H,24,27). The summed E-state index contributed by atoms with van der Waals surface area (Å²) in [4.78, 5) is 16.9. The largest absolute Gasteiger partial charge is 0.494 e. The fraction of sp³-hybridized carbons (Fsp3) is 0.409. The van der Waals surface area contributed by atoms with Crippen LogP contribution in [0.2, 0.25) is 0 Å². The maximum Gasteiger partial charge on any atom is 0.238 e. The molecule has 1 fully saturated rings. The average molecular weight is 385 g/mol. The summed E-state index contributed by atoms with van der Waals surface area (Å²) in [5.74, 6) is -0.0478. The van der Waals surface area contributed by atoms with Gasteiger partial charge in [0, 0.05) is 38.4 Å². The summed E-state index contributed by atoms with van der Waals surface area (Å²) in [5, 5.41) is 3.05. The molecule has 0 aromatic heterocycles. The molecule has 2 aromatic rings. The lowest BCUT2D eigenvalue weighted by atomic mass is 10.1. The van der Waals surface area contributed by atoms with Crippen molar-refractivity contribution in [2.75, 3.05) is 45.2 Å². The summed E-state index contributed by atoms with van der Waals surface area (Å²) in [6, 6.07) is 11.1. The molecule has 1 amide bonds. The molecule has 0 atom stereocenters. The molecule has 0 aliphatic carbocycles. The quantitative estimate of drug-likeness (QED) is 0.829. The first-order chi connectivity index (χ1) is 13.5. The smallest absolute Gasteiger partial charge is 0.238 e. The van der Waals surface area contributed by atoms with E-state index in [4.69, 9.17) is 4.74 Å². The number of hydrogen-bond acceptors (Lipinski definition) is 4. The van der Waals surface area contributed by atoms with Gasteiger partial charge in [-0.15, -0.1) is 0 Å². The molecule has 1 aliphatic rings. The number of carbonyl (C=O) groups excluding carboxylic acids is 1. The number of hydrogen-bond donors (Lipinski definition) is 1. The van der Waals surface area contributed by atoms with Crippen LogP contribution in [0.1, 0.15) is 16.7 Å². The van der Waals surface area contributed by atoms with Crippen LogP contribution in [0.3, 0.4) is 0 Å². The van der Waals surface area contributed by atoms with Crippen LogP contribution < -0.4 is 10.1 Å². The predicted octanol–water partition coefficient (Wildman–Crippen LogP) is 3.21. The number of carbonyl (C=O) groups is 1. The zero-order valence-corrected chi connectivity index (χ0v) is 16.8. The number of piperazine rings is 1. The molecular formula is C22H28FN3O2. The number of benzene rings is 2. The minimum absolute atomic E-state index is 0.0167. The summed E-state index contributed by atoms with van der Waals surface area (Å²) in [5.41, 5.74) is 3.99. The van der Waals surface area contributed by atoms with Crippen molar-refractivity contribution in [3.63, 3.8) is 0 Å². The topological polar surface area (TPSA) is 44.8 Å². The molecule has 0 saturated carbocycles. The van der Waals surface area contributed by atoms with Gasteiger partial charge in [0.25, 0.3) is 0 Å². The van der Waals surface area contributed by atoms with Crippen molar-refractivity contribution in [2.45, 2.75) is 20.4 Å². The molecule has 0 unspecified atom stereocenters. The van der Waals surface area contributed by atoms with Gasteiger partial charge in [0.2, 0.25) is 5.91 Å². The number of para-hydroxylation sites is 1. The van der Waals surface area contributed by atoms with Crippen LogP contribution in [-0.4, -0.2) is 55.5 Å². The number of rotatable bonds is 6. The Hall–Kier alpha value is -2.44. The Morgan fingerprint density at radius 2 is 1.71 bits per heavy atom. The van der Waals surface area contributed by atoms with Gasteiger partial charge in [0.15, 0.2) is 11.6 Å². The Kier molecular flexibility index (Phi) is 6.65. The fourth-order valence-electron chi connectivity index (χ4n) is 3.57. The Morgan fingerprint density at radius 3 is 2.32 bits per heavy atom. The molecule has 0 bridgehead atoms. The number of nitrogens with one attached hydrogen (secondary N) is 1. The number of ether oxygens (including phenoxy) is 1. The van der Waals surface area contributed by atoms with Crippen LogP contribution in [0, 0.1) is 19.7 Å². The summed E-state index contributed by atoms with van der Waals surface area (Å²) in [7, 11) is 1.47. The highest BCUT2D eigenvalue weighted by molar-refractivity contribution is 5.93. The number of methoxy groups -OCH3 is 1. The third-order valence-corrected chi connectivity index (χ3v) is 5.20. The maximum atomic E-state index is 13.8. The first-order valence-electron chi connectivity index (χ1n) is 9.59. The molecule has 2 aromatic carbocycles. The van der Waals surface area contributed by atoms with E-state index in [1.54, 1.807) is 6.07 Å². The first-order valence-corrected chi connectivity index (χ1v) is 9.59. The van der Waals surface area contributed by atoms with Crippen molar-refractivity contribution in [3.8, 4) is 5.75 Å². The predicted molar refractivity (Wildman–Crippen MR) is 109 cm³/mol. The fourth-order valence-corrected chi connectivity index (χ4v) is 3.57. The van der Waals surface area contributed by atoms with Crippen LogP contribution in [-0.2, 0) is 11.3 Å². The normalized spacial score (nSPS) is 15.4. The highest BCUT2D eigenvalue weighted by Crippen LogP contribution is 2.20. The summed E-state index contributed by atoms with van der Waals surface area (Å²) < 4.78 is 18.8. The van der Waals surface area contributed by atoms with Crippen LogP contribution in [0.15, 0.2) is 36.4 Å². The second-order valence-corrected chi connectivity index (χ2v) is 7.34. The molecule has 1 heterocycles. The third-order valence-electron chi connectivity index (χ3n) is 5.20. The van der Waals surface area contributed by atoms with E-state index in [0.717, 1.165) is 48.6 Å². The van der Waals surface area contributed by atoms with Gasteiger partial charge >= 0.3 is 0 Å². The first kappa shape index (κ1) is 20.3. The van der Waals surface area contributed by atoms with Crippen LogP contribution in [0.25, 0.3) is 0 Å². The lowest BCUT2D eigenvalue weighted by Crippen LogP contribution is -2.48. The second-order valence-electron chi connectivity index (χ2n) is 7.34. The highest BCUT2D eigenvalue weighted by Gasteiger charge is 2.20. The van der Waals surface area contributed by atoms with E-state index in [1.807, 2.05) is 38.1 Å². The van der Waals surface area contributed by atoms with Gasteiger partial charge < -0.3 is 10.1 Å². The Bertz CT molecular complexity index is 812. The van der Waals surface area contributed by atoms with Gasteiger partial charge in [-0.05, 0) is 42.7 Å². The second kappa shape index (κ2) is 9.17. The van der Waals surface area contributed by atoms with E-state index in [9.17, 15) is 9.18 Å². The average Bonchev–Trinajstić information content (AvgIpc) is 2.67. The zero-order valence-electron chi connectivity index (χ0n) is 16.8. The Balaban J connectivity index is 1.47. The van der Waals surface area contributed by atoms with Crippen LogP contribution in [0.4, 0.5) is 10.1 Å². The van der Waals surface area contributed by atoms with Crippen molar-refractivity contribution in [3.05, 3.63) is 58.9 Å². The lowest BCUT2D eigenvalue weighted by molar-refractivity contribution is -0.117. The van der Waals surface area contributed by atoms with E-state index >= 15 is 0 Å². The molecule has 6 heteroatoms. The Morgan fingerprint density at radius 1 is 1.07 bits per heavy atom. The van der Waals surface area contributed by atoms with Gasteiger partial charge in [-0.25, -0.2) is 4.39 Å². The van der Waals surface area contributed by atoms with Crippen LogP contribution in [0.5, 0.6) is 5.75 Å². The number of amides is 1. The van der Waals surface area contributed by atoms with Gasteiger partial charge in [0.05, 0.1) is 13.7 Å². The molecule has 0 radical (unpaired) electrons. The van der Waals surface area contributed by atoms with E-state index < -0.39 is 0 Å². The number of nitrogens with zero attached hydrogens (tertiary/aromatic N) is 2. The van der Waals surface area contributed by atoms with Gasteiger partial charge in [0.1, 0.15) is 0 Å². The van der Waals surface area contributed by atoms with Crippen molar-refractivity contribution in [1.82, 2.24) is 9.80 Å². The van der Waals surface area contributed by atoms with E-state index in [2.05, 4.69) is 15.1 Å². The SMILES string of the molecule is COc1ccc(CN2CCN(CC(=O)Nc3c(C)cccc3C)CC2)cc1F. The van der Waals surface area contributed by atoms with Gasteiger partial charge in [-0.3, -0.25) is 14.6 Å². The molecule has 28 heavy (non-hydrogen) atoms. The molecule has 1 aliphatic heterocycles. The minimum atomic E-state index is -0.332. The summed E-state index contributed by atoms with van der Waals surface area (Å²) in [6.45, 7) is 8.43. The summed E-state index contributed by atoms with van der Waals surface area (Å²) in [6.07, 6.45) is 0. The molecule has 0 spiro atoms. The Labute approximate surface area is 166 Å². The van der Waals surface area contributed by atoms with E-state index in [0.29, 0.717) is 13.1 Å². The zero-order chi connectivity index (χ0) is 20.1. The third kappa shape index (κ3) is 5.09. The molecular weight excluding hydrogens is 357 g/mol. The van der Waals surface area contributed by atoms with Gasteiger partial charge in [-0.1, -0.05) is 24.3 Å². The molecule has 1 saturated heterocycles. The van der Waals surface area contributed by atoms with Crippen molar-refractivity contribution >= 4 is 11.6 Å². The summed E-state index contributed by atoms with van der Waals surface area (Å²) >= 11 is 0. The maximum absolute atomic E-state index is 13.8. The highest BCUT2D eigenvalue weighted by atomic mass is 19.1. The number of aryl methyl sites for hydroxylation is 2. The molecule has 1 N–H and O–H groups in total. The molecule has 150 valence electrons. The number of anilines is 1. The van der Waals surface area contributed by atoms with Gasteiger partial charge in [-0.2, -0.15) is 0 Å². The van der Waals surface area contributed by atoms with E-state index in [-0.39, 0.29) is 17.5 Å². The van der Waals surface area contributed by atoms with Crippen molar-refractivity contribution in [1.29, 1.82) is 0 Å². The molecule has 3 rings (SSSR count). The lowest BCUT2D eigenvalue weighted by Gasteiger charge is -2.34. The van der Waals surface area contributed by atoms with E-state index in [1.165, 1.54) is 13.2 Å². The minimum Gasteiger partial charge on any atom is -0.494 e. The van der Waals surface area contributed by atoms with Crippen LogP contribution >= 0.6 is 0 Å². The van der Waals surface area contributed by atoms with Crippen molar-refractivity contribution < 1.29 is 13.9 Å². The van der Waals surface area contributed by atoms with Crippen molar-refractivity contribution in [2.24, 2.45) is 0 Å².